The number of para-hydroxylation sites is 1. The molecule has 0 N–H and O–H groups in total. The molecule has 0 radical (unpaired) electrons. The van der Waals surface area contributed by atoms with Crippen molar-refractivity contribution in [1.29, 1.82) is 0 Å². The maximum absolute atomic E-state index is 13.8. The zero-order chi connectivity index (χ0) is 30.7. The number of hydrogen-bond acceptors (Lipinski definition) is 9. The van der Waals surface area contributed by atoms with Crippen molar-refractivity contribution >= 4 is 23.5 Å². The van der Waals surface area contributed by atoms with Crippen LogP contribution in [0.2, 0.25) is 5.02 Å². The third-order valence-electron chi connectivity index (χ3n) is 7.79. The molecule has 2 aliphatic rings. The summed E-state index contributed by atoms with van der Waals surface area (Å²) in [6.07, 6.45) is -1.32. The topological polar surface area (TPSA) is 108 Å². The zero-order valence-corrected chi connectivity index (χ0v) is 26.0. The van der Waals surface area contributed by atoms with Crippen LogP contribution in [0.1, 0.15) is 68.1 Å². The largest absolute Gasteiger partial charge is 0.493 e. The van der Waals surface area contributed by atoms with Gasteiger partial charge >= 0.3 is 5.97 Å². The number of aromatic nitrogens is 3. The summed E-state index contributed by atoms with van der Waals surface area (Å²) < 4.78 is 25.3. The van der Waals surface area contributed by atoms with Crippen LogP contribution < -0.4 is 9.47 Å². The summed E-state index contributed by atoms with van der Waals surface area (Å²) >= 11 is 6.56. The van der Waals surface area contributed by atoms with Crippen LogP contribution in [0, 0.1) is 0 Å². The van der Waals surface area contributed by atoms with Crippen molar-refractivity contribution in [2.45, 2.75) is 45.3 Å². The predicted octanol–water partition coefficient (Wildman–Crippen LogP) is 4.32. The van der Waals surface area contributed by atoms with Gasteiger partial charge in [0.1, 0.15) is 18.0 Å². The quantitative estimate of drug-likeness (QED) is 0.327. The number of halogens is 1. The Kier molecular flexibility index (Phi) is 9.53. The first-order valence-electron chi connectivity index (χ1n) is 14.5. The van der Waals surface area contributed by atoms with E-state index in [4.69, 9.17) is 30.5 Å². The third kappa shape index (κ3) is 6.34. The van der Waals surface area contributed by atoms with Gasteiger partial charge in [-0.15, -0.1) is 10.2 Å². The lowest BCUT2D eigenvalue weighted by Gasteiger charge is -2.35. The van der Waals surface area contributed by atoms with Gasteiger partial charge in [-0.25, -0.2) is 0 Å². The van der Waals surface area contributed by atoms with Gasteiger partial charge < -0.3 is 23.8 Å². The minimum Gasteiger partial charge on any atom is -0.493 e. The van der Waals surface area contributed by atoms with Crippen LogP contribution in [0.4, 0.5) is 0 Å². The third-order valence-corrected chi connectivity index (χ3v) is 8.02. The Morgan fingerprint density at radius 2 is 1.81 bits per heavy atom. The van der Waals surface area contributed by atoms with Gasteiger partial charge in [-0.3, -0.25) is 19.1 Å². The summed E-state index contributed by atoms with van der Waals surface area (Å²) in [5, 5.41) is 9.64. The Hall–Kier alpha value is -3.67. The van der Waals surface area contributed by atoms with Gasteiger partial charge in [-0.1, -0.05) is 37.6 Å². The number of carbonyl (C=O) groups excluding carboxylic acids is 2. The Morgan fingerprint density at radius 3 is 2.49 bits per heavy atom. The second-order valence-corrected chi connectivity index (χ2v) is 11.3. The van der Waals surface area contributed by atoms with E-state index in [1.165, 1.54) is 0 Å². The maximum Gasteiger partial charge on any atom is 0.320 e. The fourth-order valence-electron chi connectivity index (χ4n) is 5.71. The molecule has 11 nitrogen and oxygen atoms in total. The number of fused-ring (bicyclic) bond motifs is 3. The highest BCUT2D eigenvalue weighted by molar-refractivity contribution is 6.30. The standard InChI is InChI=1S/C31H38ClN5O6/c1-6-42-27(39)18-35-12-14-36(15-13-35)26(38)17-25-31-34-33-30(19(2)3)37(31)23-11-10-20(32)16-22(23)28(43-25)21-8-7-9-24(40-4)29(21)41-5/h7-11,16,19,25,28H,6,12-15,17-18H2,1-5H3. The van der Waals surface area contributed by atoms with Gasteiger partial charge in [-0.2, -0.15) is 0 Å². The number of benzene rings is 2. The van der Waals surface area contributed by atoms with Crippen LogP contribution in [0.25, 0.3) is 5.69 Å². The molecule has 0 spiro atoms. The smallest absolute Gasteiger partial charge is 0.320 e. The molecule has 2 aromatic carbocycles. The lowest BCUT2D eigenvalue weighted by Crippen LogP contribution is -2.50. The molecule has 2 unspecified atom stereocenters. The van der Waals surface area contributed by atoms with Gasteiger partial charge in [0, 0.05) is 48.2 Å². The van der Waals surface area contributed by atoms with Gasteiger partial charge in [-0.05, 0) is 31.2 Å². The Morgan fingerprint density at radius 1 is 1.05 bits per heavy atom. The SMILES string of the molecule is CCOC(=O)CN1CCN(C(=O)CC2OC(c3cccc(OC)c3OC)c3cc(Cl)ccc3-n3c(C(C)C)nnc32)CC1. The number of piperazine rings is 1. The summed E-state index contributed by atoms with van der Waals surface area (Å²) in [5.74, 6) is 2.13. The summed E-state index contributed by atoms with van der Waals surface area (Å²) in [4.78, 5) is 29.5. The molecule has 3 heterocycles. The lowest BCUT2D eigenvalue weighted by molar-refractivity contribution is -0.145. The highest BCUT2D eigenvalue weighted by Crippen LogP contribution is 2.46. The van der Waals surface area contributed by atoms with Crippen LogP contribution in [-0.4, -0.2) is 90.0 Å². The van der Waals surface area contributed by atoms with Gasteiger partial charge in [0.2, 0.25) is 5.91 Å². The lowest BCUT2D eigenvalue weighted by atomic mass is 9.98. The molecule has 1 fully saturated rings. The zero-order valence-electron chi connectivity index (χ0n) is 25.2. The summed E-state index contributed by atoms with van der Waals surface area (Å²) in [7, 11) is 3.18. The average Bonchev–Trinajstić information content (AvgIpc) is 3.39. The van der Waals surface area contributed by atoms with E-state index >= 15 is 0 Å². The van der Waals surface area contributed by atoms with Crippen molar-refractivity contribution in [1.82, 2.24) is 24.6 Å². The number of amides is 1. The van der Waals surface area contributed by atoms with E-state index in [-0.39, 0.29) is 30.8 Å². The van der Waals surface area contributed by atoms with E-state index in [0.29, 0.717) is 55.1 Å². The number of rotatable bonds is 9. The Bertz CT molecular complexity index is 1470. The van der Waals surface area contributed by atoms with Crippen molar-refractivity contribution < 1.29 is 28.5 Å². The van der Waals surface area contributed by atoms with E-state index in [2.05, 4.69) is 24.0 Å². The van der Waals surface area contributed by atoms with Gasteiger partial charge in [0.05, 0.1) is 39.5 Å². The number of nitrogens with zero attached hydrogens (tertiary/aromatic N) is 5. The second-order valence-electron chi connectivity index (χ2n) is 10.9. The highest BCUT2D eigenvalue weighted by atomic mass is 35.5. The molecule has 1 amide bonds. The number of carbonyl (C=O) groups is 2. The van der Waals surface area contributed by atoms with Crippen LogP contribution in [-0.2, 0) is 19.1 Å². The molecular weight excluding hydrogens is 574 g/mol. The normalized spacial score (nSPS) is 18.5. The van der Waals surface area contributed by atoms with Crippen molar-refractivity contribution in [3.63, 3.8) is 0 Å². The average molecular weight is 612 g/mol. The Balaban J connectivity index is 1.51. The van der Waals surface area contributed by atoms with Gasteiger partial charge in [0.15, 0.2) is 17.3 Å². The summed E-state index contributed by atoms with van der Waals surface area (Å²) in [6.45, 7) is 8.61. The van der Waals surface area contributed by atoms with Crippen LogP contribution in [0.5, 0.6) is 11.5 Å². The molecule has 2 atom stereocenters. The van der Waals surface area contributed by atoms with Crippen molar-refractivity contribution in [2.24, 2.45) is 0 Å². The summed E-state index contributed by atoms with van der Waals surface area (Å²) in [6, 6.07) is 11.3. The molecule has 230 valence electrons. The van der Waals surface area contributed by atoms with E-state index in [1.54, 1.807) is 21.1 Å². The van der Waals surface area contributed by atoms with Crippen molar-refractivity contribution in [2.75, 3.05) is 53.6 Å². The molecule has 0 saturated carbocycles. The molecule has 1 aromatic heterocycles. The predicted molar refractivity (Wildman–Crippen MR) is 160 cm³/mol. The molecule has 0 bridgehead atoms. The number of hydrogen-bond donors (Lipinski definition) is 0. The van der Waals surface area contributed by atoms with Crippen LogP contribution in [0.3, 0.4) is 0 Å². The number of ether oxygens (including phenoxy) is 4. The molecule has 0 aliphatic carbocycles. The molecular formula is C31H38ClN5O6. The van der Waals surface area contributed by atoms with Crippen LogP contribution in [0.15, 0.2) is 36.4 Å². The molecule has 1 saturated heterocycles. The fourth-order valence-corrected chi connectivity index (χ4v) is 5.89. The maximum atomic E-state index is 13.8. The van der Waals surface area contributed by atoms with E-state index in [1.807, 2.05) is 50.8 Å². The first-order valence-corrected chi connectivity index (χ1v) is 14.9. The minimum atomic E-state index is -0.725. The van der Waals surface area contributed by atoms with Crippen LogP contribution >= 0.6 is 11.6 Å². The number of methoxy groups -OCH3 is 2. The first kappa shape index (κ1) is 30.8. The minimum absolute atomic E-state index is 0.0523. The van der Waals surface area contributed by atoms with E-state index in [0.717, 1.165) is 22.6 Å². The van der Waals surface area contributed by atoms with E-state index < -0.39 is 12.2 Å². The molecule has 5 rings (SSSR count). The highest BCUT2D eigenvalue weighted by Gasteiger charge is 2.38. The molecule has 3 aromatic rings. The Labute approximate surface area is 256 Å². The first-order chi connectivity index (χ1) is 20.7. The van der Waals surface area contributed by atoms with E-state index in [9.17, 15) is 9.59 Å². The fraction of sp³-hybridized carbons (Fsp3) is 0.484. The second kappa shape index (κ2) is 13.3. The monoisotopic (exact) mass is 611 g/mol. The molecule has 12 heteroatoms. The van der Waals surface area contributed by atoms with Crippen molar-refractivity contribution in [3.05, 3.63) is 64.2 Å². The van der Waals surface area contributed by atoms with Crippen molar-refractivity contribution in [3.8, 4) is 17.2 Å². The number of esters is 1. The summed E-state index contributed by atoms with van der Waals surface area (Å²) in [5.41, 5.74) is 2.36. The van der Waals surface area contributed by atoms with Gasteiger partial charge in [0.25, 0.3) is 0 Å². The molecule has 2 aliphatic heterocycles. The molecule has 43 heavy (non-hydrogen) atoms.